The molecule has 0 radical (unpaired) electrons. The number of carbonyl (C=O) groups excluding carboxylic acids is 2. The summed E-state index contributed by atoms with van der Waals surface area (Å²) in [6.45, 7) is 1.89. The number of hydrogen-bond acceptors (Lipinski definition) is 6. The highest BCUT2D eigenvalue weighted by Gasteiger charge is 2.20. The first kappa shape index (κ1) is 24.8. The monoisotopic (exact) mass is 482 g/mol. The minimum atomic E-state index is -3.32. The lowest BCUT2D eigenvalue weighted by atomic mass is 10.0. The number of carbonyl (C=O) groups is 2. The molecule has 3 aromatic rings. The van der Waals surface area contributed by atoms with Crippen molar-refractivity contribution in [2.24, 2.45) is 0 Å². The molecule has 0 saturated heterocycles. The van der Waals surface area contributed by atoms with Crippen molar-refractivity contribution in [1.29, 1.82) is 0 Å². The van der Waals surface area contributed by atoms with Crippen LogP contribution in [0.5, 0.6) is 5.75 Å². The van der Waals surface area contributed by atoms with Gasteiger partial charge in [0.2, 0.25) is 0 Å². The molecule has 2 N–H and O–H groups in total. The Morgan fingerprint density at radius 2 is 1.74 bits per heavy atom. The van der Waals surface area contributed by atoms with Gasteiger partial charge in [-0.3, -0.25) is 9.59 Å². The summed E-state index contributed by atoms with van der Waals surface area (Å²) in [5, 5.41) is 5.54. The number of rotatable bonds is 9. The number of sulfone groups is 1. The molecular formula is C25H26N2O6S. The molecule has 0 aliphatic rings. The van der Waals surface area contributed by atoms with Gasteiger partial charge in [-0.15, -0.1) is 0 Å². The Morgan fingerprint density at radius 1 is 1.06 bits per heavy atom. The molecule has 8 nitrogen and oxygen atoms in total. The largest absolute Gasteiger partial charge is 0.497 e. The maximum atomic E-state index is 13.2. The fourth-order valence-electron chi connectivity index (χ4n) is 3.22. The second kappa shape index (κ2) is 10.8. The van der Waals surface area contributed by atoms with Crippen LogP contribution in [0.4, 0.5) is 0 Å². The van der Waals surface area contributed by atoms with Crippen LogP contribution < -0.4 is 15.4 Å². The molecule has 1 aromatic heterocycles. The highest BCUT2D eigenvalue weighted by Crippen LogP contribution is 2.20. The van der Waals surface area contributed by atoms with Gasteiger partial charge in [0.15, 0.2) is 9.84 Å². The van der Waals surface area contributed by atoms with Gasteiger partial charge in [-0.1, -0.05) is 19.1 Å². The van der Waals surface area contributed by atoms with Gasteiger partial charge < -0.3 is 19.8 Å². The number of benzene rings is 2. The second-order valence-corrected chi connectivity index (χ2v) is 9.55. The van der Waals surface area contributed by atoms with Crippen molar-refractivity contribution in [3.05, 3.63) is 89.5 Å². The Balaban J connectivity index is 1.82. The predicted octanol–water partition coefficient (Wildman–Crippen LogP) is 3.73. The van der Waals surface area contributed by atoms with Crippen LogP contribution in [-0.2, 0) is 14.6 Å². The zero-order valence-corrected chi connectivity index (χ0v) is 19.9. The molecule has 9 heteroatoms. The summed E-state index contributed by atoms with van der Waals surface area (Å²) in [6, 6.07) is 15.8. The molecule has 0 aliphatic heterocycles. The van der Waals surface area contributed by atoms with Crippen LogP contribution in [0.25, 0.3) is 6.08 Å². The quantitative estimate of drug-likeness (QED) is 0.449. The highest BCUT2D eigenvalue weighted by atomic mass is 32.2. The van der Waals surface area contributed by atoms with Crippen LogP contribution in [0, 0.1) is 0 Å². The number of amides is 2. The first-order valence-corrected chi connectivity index (χ1v) is 12.4. The van der Waals surface area contributed by atoms with E-state index in [1.165, 1.54) is 31.6 Å². The van der Waals surface area contributed by atoms with E-state index < -0.39 is 27.7 Å². The van der Waals surface area contributed by atoms with E-state index in [4.69, 9.17) is 9.15 Å². The van der Waals surface area contributed by atoms with Gasteiger partial charge in [-0.2, -0.15) is 0 Å². The number of methoxy groups -OCH3 is 1. The van der Waals surface area contributed by atoms with Gasteiger partial charge in [-0.05, 0) is 60.5 Å². The molecule has 3 rings (SSSR count). The summed E-state index contributed by atoms with van der Waals surface area (Å²) in [7, 11) is -1.79. The average molecular weight is 483 g/mol. The van der Waals surface area contributed by atoms with Crippen molar-refractivity contribution in [2.45, 2.75) is 24.3 Å². The standard InChI is InChI=1S/C25H26N2O6S/c1-4-22(17-9-13-21(14-10-17)34(3,30)31)26-25(29)23(16-20-6-5-15-33-20)27-24(28)18-7-11-19(32-2)12-8-18/h5-16,22H,4H2,1-3H3,(H,26,29)(H,27,28)/b23-16-/t22-/m1/s1. The lowest BCUT2D eigenvalue weighted by Gasteiger charge is -2.19. The first-order chi connectivity index (χ1) is 16.2. The molecule has 1 atom stereocenters. The number of hydrogen-bond donors (Lipinski definition) is 2. The van der Waals surface area contributed by atoms with E-state index in [0.717, 1.165) is 11.8 Å². The van der Waals surface area contributed by atoms with E-state index in [9.17, 15) is 18.0 Å². The van der Waals surface area contributed by atoms with Crippen LogP contribution in [0.1, 0.15) is 41.1 Å². The minimum Gasteiger partial charge on any atom is -0.497 e. The molecule has 0 saturated carbocycles. The molecule has 0 aliphatic carbocycles. The van der Waals surface area contributed by atoms with Crippen molar-refractivity contribution in [3.8, 4) is 5.75 Å². The zero-order chi connectivity index (χ0) is 24.7. The lowest BCUT2D eigenvalue weighted by molar-refractivity contribution is -0.118. The van der Waals surface area contributed by atoms with Gasteiger partial charge in [0.1, 0.15) is 17.2 Å². The van der Waals surface area contributed by atoms with E-state index in [1.807, 2.05) is 6.92 Å². The van der Waals surface area contributed by atoms with Crippen molar-refractivity contribution in [3.63, 3.8) is 0 Å². The Hall–Kier alpha value is -3.85. The zero-order valence-electron chi connectivity index (χ0n) is 19.1. The molecule has 1 heterocycles. The number of furan rings is 1. The smallest absolute Gasteiger partial charge is 0.268 e. The van der Waals surface area contributed by atoms with E-state index in [0.29, 0.717) is 23.5 Å². The van der Waals surface area contributed by atoms with E-state index in [-0.39, 0.29) is 10.6 Å². The number of nitrogens with one attached hydrogen (secondary N) is 2. The van der Waals surface area contributed by atoms with Crippen LogP contribution >= 0.6 is 0 Å². The van der Waals surface area contributed by atoms with Gasteiger partial charge in [0, 0.05) is 17.9 Å². The molecule has 2 amide bonds. The van der Waals surface area contributed by atoms with Crippen molar-refractivity contribution < 1.29 is 27.2 Å². The van der Waals surface area contributed by atoms with Crippen molar-refractivity contribution in [1.82, 2.24) is 10.6 Å². The van der Waals surface area contributed by atoms with E-state index in [2.05, 4.69) is 10.6 Å². The Labute approximate surface area is 198 Å². The average Bonchev–Trinajstić information content (AvgIpc) is 3.34. The Kier molecular flexibility index (Phi) is 7.91. The third-order valence-corrected chi connectivity index (χ3v) is 6.23. The fraction of sp³-hybridized carbons (Fsp3) is 0.200. The summed E-state index contributed by atoms with van der Waals surface area (Å²) >= 11 is 0. The molecule has 0 bridgehead atoms. The molecule has 0 fully saturated rings. The fourth-order valence-corrected chi connectivity index (χ4v) is 3.85. The predicted molar refractivity (Wildman–Crippen MR) is 128 cm³/mol. The van der Waals surface area contributed by atoms with Crippen LogP contribution in [0.15, 0.2) is 81.9 Å². The first-order valence-electron chi connectivity index (χ1n) is 10.5. The summed E-state index contributed by atoms with van der Waals surface area (Å²) < 4.78 is 33.9. The summed E-state index contributed by atoms with van der Waals surface area (Å²) in [5.41, 5.74) is 1.09. The topological polar surface area (TPSA) is 115 Å². The summed E-state index contributed by atoms with van der Waals surface area (Å²) in [6.07, 6.45) is 4.59. The van der Waals surface area contributed by atoms with Crippen molar-refractivity contribution >= 4 is 27.7 Å². The third-order valence-electron chi connectivity index (χ3n) is 5.10. The summed E-state index contributed by atoms with van der Waals surface area (Å²) in [5.74, 6) is 0.0116. The van der Waals surface area contributed by atoms with Gasteiger partial charge >= 0.3 is 0 Å². The molecule has 2 aromatic carbocycles. The normalized spacial score (nSPS) is 12.6. The van der Waals surface area contributed by atoms with Crippen molar-refractivity contribution in [2.75, 3.05) is 13.4 Å². The molecular weight excluding hydrogens is 456 g/mol. The SMILES string of the molecule is CC[C@@H](NC(=O)/C(=C/c1ccco1)NC(=O)c1ccc(OC)cc1)c1ccc(S(C)(=O)=O)cc1. The third kappa shape index (κ3) is 6.35. The van der Waals surface area contributed by atoms with E-state index >= 15 is 0 Å². The Morgan fingerprint density at radius 3 is 2.26 bits per heavy atom. The van der Waals surface area contributed by atoms with Gasteiger partial charge in [-0.25, -0.2) is 8.42 Å². The highest BCUT2D eigenvalue weighted by molar-refractivity contribution is 7.90. The van der Waals surface area contributed by atoms with E-state index in [1.54, 1.807) is 48.5 Å². The minimum absolute atomic E-state index is 0.00183. The lowest BCUT2D eigenvalue weighted by Crippen LogP contribution is -2.36. The summed E-state index contributed by atoms with van der Waals surface area (Å²) in [4.78, 5) is 26.1. The molecule has 0 spiro atoms. The molecule has 0 unspecified atom stereocenters. The van der Waals surface area contributed by atoms with Gasteiger partial charge in [0.25, 0.3) is 11.8 Å². The van der Waals surface area contributed by atoms with Crippen LogP contribution in [-0.4, -0.2) is 33.6 Å². The number of ether oxygens (including phenoxy) is 1. The maximum Gasteiger partial charge on any atom is 0.268 e. The van der Waals surface area contributed by atoms with Gasteiger partial charge in [0.05, 0.1) is 24.3 Å². The van der Waals surface area contributed by atoms with Crippen LogP contribution in [0.2, 0.25) is 0 Å². The maximum absolute atomic E-state index is 13.2. The van der Waals surface area contributed by atoms with Crippen LogP contribution in [0.3, 0.4) is 0 Å². The Bertz CT molecular complexity index is 1260. The second-order valence-electron chi connectivity index (χ2n) is 7.53. The molecule has 34 heavy (non-hydrogen) atoms. The molecule has 178 valence electrons.